The number of fused-ring (bicyclic) bond motifs is 1. The Kier molecular flexibility index (Phi) is 5.30. The first-order chi connectivity index (χ1) is 12.8. The average Bonchev–Trinajstić information content (AvgIpc) is 2.64. The minimum absolute atomic E-state index is 0.132. The van der Waals surface area contributed by atoms with E-state index in [4.69, 9.17) is 0 Å². The lowest BCUT2D eigenvalue weighted by Crippen LogP contribution is -2.41. The highest BCUT2D eigenvalue weighted by atomic mass is 32.2. The first-order valence-corrected chi connectivity index (χ1v) is 10.1. The van der Waals surface area contributed by atoms with E-state index in [9.17, 15) is 13.2 Å². The number of hydrogen-bond acceptors (Lipinski definition) is 3. The lowest BCUT2D eigenvalue weighted by atomic mass is 10.1. The van der Waals surface area contributed by atoms with E-state index in [1.165, 1.54) is 6.92 Å². The summed E-state index contributed by atoms with van der Waals surface area (Å²) in [6.07, 6.45) is 0. The Bertz CT molecular complexity index is 1090. The maximum absolute atomic E-state index is 12.7. The van der Waals surface area contributed by atoms with Crippen LogP contribution in [0, 0.1) is 13.8 Å². The number of benzene rings is 3. The summed E-state index contributed by atoms with van der Waals surface area (Å²) in [6, 6.07) is 17.2. The number of carbonyl (C=O) groups is 1. The van der Waals surface area contributed by atoms with Gasteiger partial charge in [0.1, 0.15) is 0 Å². The van der Waals surface area contributed by atoms with Crippen molar-refractivity contribution in [2.75, 3.05) is 5.32 Å². The molecule has 0 radical (unpaired) electrons. The third-order valence-electron chi connectivity index (χ3n) is 4.49. The van der Waals surface area contributed by atoms with Crippen molar-refractivity contribution in [1.82, 2.24) is 4.72 Å². The van der Waals surface area contributed by atoms with Crippen molar-refractivity contribution >= 4 is 32.4 Å². The Labute approximate surface area is 159 Å². The summed E-state index contributed by atoms with van der Waals surface area (Å²) in [5.41, 5.74) is 2.56. The number of amides is 1. The van der Waals surface area contributed by atoms with Crippen LogP contribution in [0.4, 0.5) is 5.69 Å². The number of hydrogen-bond donors (Lipinski definition) is 2. The van der Waals surface area contributed by atoms with Gasteiger partial charge in [-0.25, -0.2) is 8.42 Å². The van der Waals surface area contributed by atoms with Crippen LogP contribution >= 0.6 is 0 Å². The molecule has 5 nitrogen and oxygen atoms in total. The number of carbonyl (C=O) groups excluding carboxylic acids is 1. The van der Waals surface area contributed by atoms with E-state index in [1.54, 1.807) is 18.2 Å². The monoisotopic (exact) mass is 382 g/mol. The standard InChI is InChI=1S/C21H22N2O3S/c1-14-7-6-8-15(2)20(14)22-21(24)16(3)23-27(25,26)19-12-11-17-9-4-5-10-18(17)13-19/h4-13,16,23H,1-3H3,(H,22,24)/t16-/m0/s1. The molecule has 0 spiro atoms. The van der Waals surface area contributed by atoms with Crippen molar-refractivity contribution in [3.63, 3.8) is 0 Å². The van der Waals surface area contributed by atoms with Crippen LogP contribution in [-0.2, 0) is 14.8 Å². The summed E-state index contributed by atoms with van der Waals surface area (Å²) in [5, 5.41) is 4.60. The van der Waals surface area contributed by atoms with Crippen LogP contribution in [0.1, 0.15) is 18.1 Å². The Hall–Kier alpha value is -2.70. The molecular formula is C21H22N2O3S. The van der Waals surface area contributed by atoms with E-state index >= 15 is 0 Å². The zero-order valence-electron chi connectivity index (χ0n) is 15.5. The zero-order chi connectivity index (χ0) is 19.6. The lowest BCUT2D eigenvalue weighted by molar-refractivity contribution is -0.117. The molecule has 0 saturated carbocycles. The van der Waals surface area contributed by atoms with Crippen molar-refractivity contribution < 1.29 is 13.2 Å². The van der Waals surface area contributed by atoms with Crippen LogP contribution in [-0.4, -0.2) is 20.4 Å². The molecule has 0 saturated heterocycles. The van der Waals surface area contributed by atoms with Crippen LogP contribution < -0.4 is 10.0 Å². The molecule has 3 aromatic carbocycles. The van der Waals surface area contributed by atoms with Gasteiger partial charge in [0.15, 0.2) is 0 Å². The molecule has 1 atom stereocenters. The van der Waals surface area contributed by atoms with Crippen molar-refractivity contribution in [2.24, 2.45) is 0 Å². The summed E-state index contributed by atoms with van der Waals surface area (Å²) >= 11 is 0. The Morgan fingerprint density at radius 3 is 2.19 bits per heavy atom. The highest BCUT2D eigenvalue weighted by Crippen LogP contribution is 2.21. The lowest BCUT2D eigenvalue weighted by Gasteiger charge is -2.17. The molecule has 140 valence electrons. The fraction of sp³-hybridized carbons (Fsp3) is 0.190. The van der Waals surface area contributed by atoms with Crippen LogP contribution in [0.15, 0.2) is 65.6 Å². The van der Waals surface area contributed by atoms with Gasteiger partial charge in [-0.2, -0.15) is 4.72 Å². The topological polar surface area (TPSA) is 75.3 Å². The number of aryl methyl sites for hydroxylation is 2. The highest BCUT2D eigenvalue weighted by molar-refractivity contribution is 7.89. The maximum atomic E-state index is 12.7. The van der Waals surface area contributed by atoms with Gasteiger partial charge in [0.05, 0.1) is 10.9 Å². The summed E-state index contributed by atoms with van der Waals surface area (Å²) in [5.74, 6) is -0.406. The van der Waals surface area contributed by atoms with Gasteiger partial charge in [-0.15, -0.1) is 0 Å². The predicted molar refractivity (Wildman–Crippen MR) is 108 cm³/mol. The molecule has 3 rings (SSSR count). The summed E-state index contributed by atoms with van der Waals surface area (Å²) in [4.78, 5) is 12.6. The van der Waals surface area contributed by atoms with Crippen molar-refractivity contribution in [2.45, 2.75) is 31.7 Å². The van der Waals surface area contributed by atoms with E-state index in [0.29, 0.717) is 5.69 Å². The van der Waals surface area contributed by atoms with Gasteiger partial charge in [-0.1, -0.05) is 48.5 Å². The molecule has 6 heteroatoms. The van der Waals surface area contributed by atoms with Crippen LogP contribution in [0.2, 0.25) is 0 Å². The smallest absolute Gasteiger partial charge is 0.242 e. The molecule has 0 fully saturated rings. The van der Waals surface area contributed by atoms with Crippen LogP contribution in [0.3, 0.4) is 0 Å². The Morgan fingerprint density at radius 1 is 0.889 bits per heavy atom. The zero-order valence-corrected chi connectivity index (χ0v) is 16.3. The predicted octanol–water partition coefficient (Wildman–Crippen LogP) is 3.76. The normalized spacial score (nSPS) is 12.7. The van der Waals surface area contributed by atoms with Crippen LogP contribution in [0.5, 0.6) is 0 Å². The molecule has 27 heavy (non-hydrogen) atoms. The van der Waals surface area contributed by atoms with Crippen molar-refractivity contribution in [1.29, 1.82) is 0 Å². The van der Waals surface area contributed by atoms with E-state index in [0.717, 1.165) is 21.9 Å². The first kappa shape index (κ1) is 19.1. The van der Waals surface area contributed by atoms with E-state index in [-0.39, 0.29) is 4.90 Å². The molecule has 0 aliphatic carbocycles. The quantitative estimate of drug-likeness (QED) is 0.705. The van der Waals surface area contributed by atoms with Crippen molar-refractivity contribution in [3.8, 4) is 0 Å². The Morgan fingerprint density at radius 2 is 1.52 bits per heavy atom. The second kappa shape index (κ2) is 7.50. The summed E-state index contributed by atoms with van der Waals surface area (Å²) in [7, 11) is -3.82. The van der Waals surface area contributed by atoms with Gasteiger partial charge in [0.2, 0.25) is 15.9 Å². The van der Waals surface area contributed by atoms with Crippen LogP contribution in [0.25, 0.3) is 10.8 Å². The van der Waals surface area contributed by atoms with E-state index in [2.05, 4.69) is 10.0 Å². The molecule has 0 aliphatic heterocycles. The van der Waals surface area contributed by atoms with Gasteiger partial charge in [0, 0.05) is 5.69 Å². The number of sulfonamides is 1. The fourth-order valence-corrected chi connectivity index (χ4v) is 4.17. The second-order valence-corrected chi connectivity index (χ2v) is 8.32. The second-order valence-electron chi connectivity index (χ2n) is 6.61. The van der Waals surface area contributed by atoms with Gasteiger partial charge >= 0.3 is 0 Å². The molecule has 0 bridgehead atoms. The molecule has 3 aromatic rings. The molecule has 0 unspecified atom stereocenters. The molecule has 0 aliphatic rings. The molecule has 0 heterocycles. The Balaban J connectivity index is 1.78. The average molecular weight is 382 g/mol. The molecule has 1 amide bonds. The molecule has 0 aromatic heterocycles. The van der Waals surface area contributed by atoms with Gasteiger partial charge < -0.3 is 5.32 Å². The molecular weight excluding hydrogens is 360 g/mol. The largest absolute Gasteiger partial charge is 0.324 e. The number of anilines is 1. The SMILES string of the molecule is Cc1cccc(C)c1NC(=O)[C@H](C)NS(=O)(=O)c1ccc2ccccc2c1. The fourth-order valence-electron chi connectivity index (χ4n) is 2.93. The van der Waals surface area contributed by atoms with Gasteiger partial charge in [-0.05, 0) is 54.8 Å². The maximum Gasteiger partial charge on any atom is 0.242 e. The minimum atomic E-state index is -3.82. The van der Waals surface area contributed by atoms with Gasteiger partial charge in [-0.3, -0.25) is 4.79 Å². The summed E-state index contributed by atoms with van der Waals surface area (Å²) < 4.78 is 27.8. The van der Waals surface area contributed by atoms with Gasteiger partial charge in [0.25, 0.3) is 0 Å². The molecule has 2 N–H and O–H groups in total. The third-order valence-corrected chi connectivity index (χ3v) is 6.02. The number of rotatable bonds is 5. The number of nitrogens with one attached hydrogen (secondary N) is 2. The number of para-hydroxylation sites is 1. The van der Waals surface area contributed by atoms with E-state index in [1.807, 2.05) is 56.3 Å². The van der Waals surface area contributed by atoms with Crippen molar-refractivity contribution in [3.05, 3.63) is 71.8 Å². The highest BCUT2D eigenvalue weighted by Gasteiger charge is 2.23. The van der Waals surface area contributed by atoms with E-state index < -0.39 is 22.0 Å². The third kappa shape index (κ3) is 4.18. The summed E-state index contributed by atoms with van der Waals surface area (Å²) in [6.45, 7) is 5.32. The first-order valence-electron chi connectivity index (χ1n) is 8.66. The minimum Gasteiger partial charge on any atom is -0.324 e.